The van der Waals surface area contributed by atoms with Crippen molar-refractivity contribution in [1.29, 1.82) is 0 Å². The molecule has 0 aliphatic carbocycles. The van der Waals surface area contributed by atoms with E-state index in [4.69, 9.17) is 0 Å². The number of rotatable bonds is 2. The van der Waals surface area contributed by atoms with Crippen molar-refractivity contribution in [2.75, 3.05) is 13.1 Å². The van der Waals surface area contributed by atoms with E-state index in [0.717, 1.165) is 0 Å². The van der Waals surface area contributed by atoms with E-state index in [0.29, 0.717) is 6.04 Å². The van der Waals surface area contributed by atoms with Gasteiger partial charge in [0.2, 0.25) is 0 Å². The second-order valence-electron chi connectivity index (χ2n) is 5.03. The maximum absolute atomic E-state index is 2.59. The highest BCUT2D eigenvalue weighted by atomic mass is 15.2. The minimum atomic E-state index is 0.558. The van der Waals surface area contributed by atoms with Crippen LogP contribution in [-0.4, -0.2) is 18.0 Å². The number of benzene rings is 2. The Kier molecular flexibility index (Phi) is 2.86. The first-order valence-electron chi connectivity index (χ1n) is 6.57. The highest BCUT2D eigenvalue weighted by Crippen LogP contribution is 2.27. The largest absolute Gasteiger partial charge is 0.297 e. The summed E-state index contributed by atoms with van der Waals surface area (Å²) in [5.74, 6) is 0. The van der Waals surface area contributed by atoms with Crippen LogP contribution in [0.25, 0.3) is 10.8 Å². The normalized spacial score (nSPS) is 18.6. The molecule has 1 atom stereocenters. The lowest BCUT2D eigenvalue weighted by Crippen LogP contribution is -2.23. The summed E-state index contributed by atoms with van der Waals surface area (Å²) in [5, 5.41) is 2.70. The third-order valence-electron chi connectivity index (χ3n) is 3.94. The van der Waals surface area contributed by atoms with Crippen LogP contribution in [0, 0.1) is 0 Å². The lowest BCUT2D eigenvalue weighted by molar-refractivity contribution is 0.263. The van der Waals surface area contributed by atoms with Crippen LogP contribution in [0.2, 0.25) is 0 Å². The minimum Gasteiger partial charge on any atom is -0.297 e. The molecule has 1 aliphatic rings. The number of hydrogen-bond acceptors (Lipinski definition) is 1. The third kappa shape index (κ3) is 2.07. The summed E-state index contributed by atoms with van der Waals surface area (Å²) in [6.07, 6.45) is 2.72. The van der Waals surface area contributed by atoms with Gasteiger partial charge in [0, 0.05) is 6.04 Å². The van der Waals surface area contributed by atoms with Gasteiger partial charge in [-0.3, -0.25) is 4.90 Å². The molecule has 2 aromatic rings. The summed E-state index contributed by atoms with van der Waals surface area (Å²) >= 11 is 0. The van der Waals surface area contributed by atoms with Gasteiger partial charge in [-0.25, -0.2) is 0 Å². The molecule has 88 valence electrons. The average molecular weight is 225 g/mol. The van der Waals surface area contributed by atoms with Crippen LogP contribution in [0.15, 0.2) is 42.5 Å². The Morgan fingerprint density at radius 2 is 1.65 bits per heavy atom. The molecule has 0 bridgehead atoms. The Balaban J connectivity index is 1.94. The van der Waals surface area contributed by atoms with Crippen LogP contribution in [0.1, 0.15) is 31.4 Å². The van der Waals surface area contributed by atoms with Crippen LogP contribution in [0.3, 0.4) is 0 Å². The standard InChI is InChI=1S/C16H19N/c1-13(17-10-4-5-11-17)15-9-8-14-6-2-3-7-16(14)12-15/h2-3,6-9,12-13H,4-5,10-11H2,1H3. The topological polar surface area (TPSA) is 3.24 Å². The van der Waals surface area contributed by atoms with Gasteiger partial charge >= 0.3 is 0 Å². The zero-order chi connectivity index (χ0) is 11.7. The SMILES string of the molecule is CC(c1ccc2ccccc2c1)N1CCCC1. The van der Waals surface area contributed by atoms with Gasteiger partial charge in [-0.05, 0) is 55.3 Å². The third-order valence-corrected chi connectivity index (χ3v) is 3.94. The molecular weight excluding hydrogens is 206 g/mol. The molecule has 1 heterocycles. The van der Waals surface area contributed by atoms with Crippen molar-refractivity contribution in [3.05, 3.63) is 48.0 Å². The Labute approximate surface area is 103 Å². The van der Waals surface area contributed by atoms with Crippen molar-refractivity contribution in [1.82, 2.24) is 4.90 Å². The Hall–Kier alpha value is -1.34. The van der Waals surface area contributed by atoms with Gasteiger partial charge in [-0.15, -0.1) is 0 Å². The highest BCUT2D eigenvalue weighted by Gasteiger charge is 2.19. The molecule has 1 aliphatic heterocycles. The van der Waals surface area contributed by atoms with Gasteiger partial charge < -0.3 is 0 Å². The summed E-state index contributed by atoms with van der Waals surface area (Å²) in [4.78, 5) is 2.59. The first-order chi connectivity index (χ1) is 8.34. The van der Waals surface area contributed by atoms with E-state index in [1.54, 1.807) is 0 Å². The van der Waals surface area contributed by atoms with E-state index in [9.17, 15) is 0 Å². The van der Waals surface area contributed by atoms with E-state index in [-0.39, 0.29) is 0 Å². The predicted octanol–water partition coefficient (Wildman–Crippen LogP) is 4.00. The van der Waals surface area contributed by atoms with Crippen molar-refractivity contribution in [2.45, 2.75) is 25.8 Å². The van der Waals surface area contributed by atoms with Crippen molar-refractivity contribution in [2.24, 2.45) is 0 Å². The second-order valence-corrected chi connectivity index (χ2v) is 5.03. The zero-order valence-electron chi connectivity index (χ0n) is 10.4. The van der Waals surface area contributed by atoms with Gasteiger partial charge in [-0.2, -0.15) is 0 Å². The molecule has 0 amide bonds. The maximum Gasteiger partial charge on any atom is 0.0320 e. The van der Waals surface area contributed by atoms with Crippen LogP contribution < -0.4 is 0 Å². The van der Waals surface area contributed by atoms with Crippen LogP contribution in [0.4, 0.5) is 0 Å². The van der Waals surface area contributed by atoms with E-state index in [1.165, 1.54) is 42.3 Å². The summed E-state index contributed by atoms with van der Waals surface area (Å²) in [6.45, 7) is 4.84. The fraction of sp³-hybridized carbons (Fsp3) is 0.375. The van der Waals surface area contributed by atoms with Crippen molar-refractivity contribution >= 4 is 10.8 Å². The van der Waals surface area contributed by atoms with E-state index in [2.05, 4.69) is 54.3 Å². The number of nitrogens with zero attached hydrogens (tertiary/aromatic N) is 1. The van der Waals surface area contributed by atoms with Gasteiger partial charge in [0.25, 0.3) is 0 Å². The van der Waals surface area contributed by atoms with Crippen LogP contribution >= 0.6 is 0 Å². The first kappa shape index (κ1) is 10.8. The Bertz CT molecular complexity index is 512. The fourth-order valence-corrected chi connectivity index (χ4v) is 2.81. The quantitative estimate of drug-likeness (QED) is 0.746. The molecule has 0 N–H and O–H groups in total. The van der Waals surface area contributed by atoms with Crippen LogP contribution in [0.5, 0.6) is 0 Å². The molecule has 1 fully saturated rings. The number of hydrogen-bond donors (Lipinski definition) is 0. The van der Waals surface area contributed by atoms with E-state index in [1.807, 2.05) is 0 Å². The lowest BCUT2D eigenvalue weighted by Gasteiger charge is -2.24. The van der Waals surface area contributed by atoms with Crippen molar-refractivity contribution in [3.63, 3.8) is 0 Å². The molecule has 17 heavy (non-hydrogen) atoms. The molecule has 0 aromatic heterocycles. The monoisotopic (exact) mass is 225 g/mol. The Morgan fingerprint density at radius 3 is 2.41 bits per heavy atom. The molecule has 2 aromatic carbocycles. The molecular formula is C16H19N. The Morgan fingerprint density at radius 1 is 0.941 bits per heavy atom. The molecule has 0 saturated carbocycles. The summed E-state index contributed by atoms with van der Waals surface area (Å²) in [6, 6.07) is 16.0. The predicted molar refractivity (Wildman–Crippen MR) is 73.2 cm³/mol. The molecule has 1 nitrogen and oxygen atoms in total. The van der Waals surface area contributed by atoms with E-state index < -0.39 is 0 Å². The molecule has 0 spiro atoms. The van der Waals surface area contributed by atoms with Gasteiger partial charge in [0.05, 0.1) is 0 Å². The van der Waals surface area contributed by atoms with Crippen molar-refractivity contribution < 1.29 is 0 Å². The molecule has 0 radical (unpaired) electrons. The minimum absolute atomic E-state index is 0.558. The number of likely N-dealkylation sites (tertiary alicyclic amines) is 1. The highest BCUT2D eigenvalue weighted by molar-refractivity contribution is 5.83. The summed E-state index contributed by atoms with van der Waals surface area (Å²) in [7, 11) is 0. The maximum atomic E-state index is 2.59. The average Bonchev–Trinajstić information content (AvgIpc) is 2.91. The first-order valence-corrected chi connectivity index (χ1v) is 6.57. The molecule has 1 heteroatoms. The van der Waals surface area contributed by atoms with Gasteiger partial charge in [-0.1, -0.05) is 36.4 Å². The molecule has 1 unspecified atom stereocenters. The number of fused-ring (bicyclic) bond motifs is 1. The fourth-order valence-electron chi connectivity index (χ4n) is 2.81. The van der Waals surface area contributed by atoms with Gasteiger partial charge in [0.1, 0.15) is 0 Å². The second kappa shape index (κ2) is 4.50. The van der Waals surface area contributed by atoms with Crippen LogP contribution in [-0.2, 0) is 0 Å². The van der Waals surface area contributed by atoms with E-state index >= 15 is 0 Å². The molecule has 1 saturated heterocycles. The molecule has 3 rings (SSSR count). The summed E-state index contributed by atoms with van der Waals surface area (Å²) < 4.78 is 0. The summed E-state index contributed by atoms with van der Waals surface area (Å²) in [5.41, 5.74) is 1.45. The smallest absolute Gasteiger partial charge is 0.0320 e. The van der Waals surface area contributed by atoms with Gasteiger partial charge in [0.15, 0.2) is 0 Å². The zero-order valence-corrected chi connectivity index (χ0v) is 10.4. The van der Waals surface area contributed by atoms with Crippen molar-refractivity contribution in [3.8, 4) is 0 Å². The lowest BCUT2D eigenvalue weighted by atomic mass is 10.0.